The van der Waals surface area contributed by atoms with Crippen molar-refractivity contribution in [3.63, 3.8) is 0 Å². The Morgan fingerprint density at radius 2 is 1.53 bits per heavy atom. The number of carboxylic acids is 1. The van der Waals surface area contributed by atoms with E-state index in [0.717, 1.165) is 0 Å². The van der Waals surface area contributed by atoms with Crippen molar-refractivity contribution in [2.24, 2.45) is 0 Å². The van der Waals surface area contributed by atoms with Gasteiger partial charge in [0.25, 0.3) is 0 Å². The summed E-state index contributed by atoms with van der Waals surface area (Å²) in [6.07, 6.45) is 0. The van der Waals surface area contributed by atoms with Crippen LogP contribution in [0.1, 0.15) is 10.4 Å². The van der Waals surface area contributed by atoms with Gasteiger partial charge in [-0.05, 0) is 24.3 Å². The zero-order valence-electron chi connectivity index (χ0n) is 8.91. The molecule has 1 N–H and O–H groups in total. The van der Waals surface area contributed by atoms with Crippen LogP contribution in [0.4, 0.5) is 0 Å². The van der Waals surface area contributed by atoms with E-state index < -0.39 is 13.8 Å². The number of carboxylic acid groups (broad SMARTS) is 1. The molecular formula is C13H10O3P+. The summed E-state index contributed by atoms with van der Waals surface area (Å²) in [5.41, 5.74) is 0.0949. The maximum absolute atomic E-state index is 12.3. The van der Waals surface area contributed by atoms with E-state index in [1.807, 2.05) is 6.07 Å². The molecule has 4 heteroatoms. The van der Waals surface area contributed by atoms with E-state index in [9.17, 15) is 9.36 Å². The molecule has 0 aromatic heterocycles. The average Bonchev–Trinajstić information content (AvgIpc) is 2.39. The van der Waals surface area contributed by atoms with Crippen LogP contribution in [0, 0.1) is 0 Å². The minimum Gasteiger partial charge on any atom is -0.478 e. The highest BCUT2D eigenvalue weighted by molar-refractivity contribution is 7.61. The Hall–Kier alpha value is -1.99. The van der Waals surface area contributed by atoms with Crippen LogP contribution in [0.5, 0.6) is 0 Å². The highest BCUT2D eigenvalue weighted by Gasteiger charge is 2.28. The molecule has 0 amide bonds. The minimum atomic E-state index is -1.85. The fourth-order valence-corrected chi connectivity index (χ4v) is 2.87. The van der Waals surface area contributed by atoms with Gasteiger partial charge in [-0.2, -0.15) is 0 Å². The number of aromatic carboxylic acids is 1. The third-order valence-electron chi connectivity index (χ3n) is 2.34. The van der Waals surface area contributed by atoms with Gasteiger partial charge in [0, 0.05) is 0 Å². The van der Waals surface area contributed by atoms with Crippen molar-refractivity contribution >= 4 is 24.4 Å². The Kier molecular flexibility index (Phi) is 3.31. The maximum atomic E-state index is 12.3. The number of rotatable bonds is 3. The molecular weight excluding hydrogens is 235 g/mol. The van der Waals surface area contributed by atoms with Gasteiger partial charge in [0.05, 0.1) is 0 Å². The molecule has 0 bridgehead atoms. The Morgan fingerprint density at radius 1 is 0.941 bits per heavy atom. The van der Waals surface area contributed by atoms with E-state index in [4.69, 9.17) is 5.11 Å². The van der Waals surface area contributed by atoms with Crippen molar-refractivity contribution in [1.82, 2.24) is 0 Å². The van der Waals surface area contributed by atoms with E-state index in [2.05, 4.69) is 0 Å². The zero-order valence-corrected chi connectivity index (χ0v) is 9.80. The van der Waals surface area contributed by atoms with Gasteiger partial charge >= 0.3 is 13.8 Å². The lowest BCUT2D eigenvalue weighted by atomic mass is 10.2. The van der Waals surface area contributed by atoms with Crippen LogP contribution in [0.3, 0.4) is 0 Å². The van der Waals surface area contributed by atoms with Crippen LogP contribution in [0.25, 0.3) is 0 Å². The van der Waals surface area contributed by atoms with Crippen molar-refractivity contribution in [1.29, 1.82) is 0 Å². The minimum absolute atomic E-state index is 0.0949. The van der Waals surface area contributed by atoms with E-state index in [0.29, 0.717) is 10.6 Å². The summed E-state index contributed by atoms with van der Waals surface area (Å²) >= 11 is 0. The summed E-state index contributed by atoms with van der Waals surface area (Å²) in [5.74, 6) is -1.06. The predicted octanol–water partition coefficient (Wildman–Crippen LogP) is 2.16. The Labute approximate surface area is 99.5 Å². The number of benzene rings is 2. The van der Waals surface area contributed by atoms with Crippen LogP contribution in [-0.2, 0) is 4.57 Å². The summed E-state index contributed by atoms with van der Waals surface area (Å²) in [6.45, 7) is 0. The summed E-state index contributed by atoms with van der Waals surface area (Å²) in [7, 11) is -1.85. The lowest BCUT2D eigenvalue weighted by molar-refractivity contribution is 0.0698. The third-order valence-corrected chi connectivity index (χ3v) is 3.94. The fraction of sp³-hybridized carbons (Fsp3) is 0. The average molecular weight is 245 g/mol. The molecule has 17 heavy (non-hydrogen) atoms. The largest absolute Gasteiger partial charge is 0.478 e. The van der Waals surface area contributed by atoms with E-state index in [1.165, 1.54) is 6.07 Å². The molecule has 3 nitrogen and oxygen atoms in total. The Morgan fingerprint density at radius 3 is 2.18 bits per heavy atom. The molecule has 0 heterocycles. The molecule has 84 valence electrons. The molecule has 2 rings (SSSR count). The van der Waals surface area contributed by atoms with Gasteiger partial charge in [0.1, 0.15) is 5.56 Å². The first-order chi connectivity index (χ1) is 8.20. The number of carbonyl (C=O) groups is 1. The van der Waals surface area contributed by atoms with Crippen molar-refractivity contribution in [3.05, 3.63) is 60.2 Å². The highest BCUT2D eigenvalue weighted by atomic mass is 31.1. The molecule has 0 aliphatic carbocycles. The molecule has 0 fully saturated rings. The SMILES string of the molecule is O=C(O)c1ccccc1[P+](=O)c1ccccc1. The molecule has 0 radical (unpaired) electrons. The van der Waals surface area contributed by atoms with Crippen LogP contribution in [-0.4, -0.2) is 11.1 Å². The van der Waals surface area contributed by atoms with Gasteiger partial charge in [0.15, 0.2) is 5.30 Å². The molecule has 0 aliphatic rings. The molecule has 0 aliphatic heterocycles. The second-order valence-electron chi connectivity index (χ2n) is 3.45. The van der Waals surface area contributed by atoms with Crippen LogP contribution < -0.4 is 10.6 Å². The van der Waals surface area contributed by atoms with Gasteiger partial charge in [0.2, 0.25) is 5.30 Å². The first-order valence-electron chi connectivity index (χ1n) is 5.05. The maximum Gasteiger partial charge on any atom is 0.416 e. The van der Waals surface area contributed by atoms with Crippen LogP contribution >= 0.6 is 7.80 Å². The molecule has 2 aromatic carbocycles. The van der Waals surface area contributed by atoms with Crippen molar-refractivity contribution < 1.29 is 14.5 Å². The lowest BCUT2D eigenvalue weighted by Crippen LogP contribution is -2.15. The molecule has 0 saturated heterocycles. The summed E-state index contributed by atoms with van der Waals surface area (Å²) < 4.78 is 12.3. The van der Waals surface area contributed by atoms with Crippen molar-refractivity contribution in [2.45, 2.75) is 0 Å². The van der Waals surface area contributed by atoms with Gasteiger partial charge in [-0.3, -0.25) is 0 Å². The molecule has 1 unspecified atom stereocenters. The third kappa shape index (κ3) is 2.40. The van der Waals surface area contributed by atoms with Crippen molar-refractivity contribution in [3.8, 4) is 0 Å². The summed E-state index contributed by atoms with van der Waals surface area (Å²) in [4.78, 5) is 11.0. The molecule has 0 spiro atoms. The monoisotopic (exact) mass is 245 g/mol. The second-order valence-corrected chi connectivity index (χ2v) is 5.04. The zero-order chi connectivity index (χ0) is 12.3. The Balaban J connectivity index is 2.48. The topological polar surface area (TPSA) is 54.4 Å². The normalized spacial score (nSPS) is 10.9. The van der Waals surface area contributed by atoms with Gasteiger partial charge in [-0.1, -0.05) is 34.9 Å². The smallest absolute Gasteiger partial charge is 0.416 e. The van der Waals surface area contributed by atoms with Gasteiger partial charge < -0.3 is 5.11 Å². The van der Waals surface area contributed by atoms with Gasteiger partial charge in [-0.25, -0.2) is 4.79 Å². The number of hydrogen-bond acceptors (Lipinski definition) is 2. The first kappa shape index (κ1) is 11.5. The van der Waals surface area contributed by atoms with Gasteiger partial charge in [-0.15, -0.1) is 0 Å². The lowest BCUT2D eigenvalue weighted by Gasteiger charge is -1.95. The summed E-state index contributed by atoms with van der Waals surface area (Å²) in [5, 5.41) is 10.0. The standard InChI is InChI=1S/C13H9O3P/c14-13(15)11-8-4-5-9-12(11)17(16)10-6-2-1-3-7-10/h1-9H/p+1. The fourth-order valence-electron chi connectivity index (χ4n) is 1.53. The highest BCUT2D eigenvalue weighted by Crippen LogP contribution is 2.21. The second kappa shape index (κ2) is 4.89. The quantitative estimate of drug-likeness (QED) is 0.843. The van der Waals surface area contributed by atoms with Crippen LogP contribution in [0.2, 0.25) is 0 Å². The van der Waals surface area contributed by atoms with E-state index >= 15 is 0 Å². The Bertz CT molecular complexity index is 564. The summed E-state index contributed by atoms with van der Waals surface area (Å²) in [6, 6.07) is 15.2. The number of hydrogen-bond donors (Lipinski definition) is 1. The van der Waals surface area contributed by atoms with E-state index in [-0.39, 0.29) is 5.56 Å². The molecule has 2 aromatic rings. The predicted molar refractivity (Wildman–Crippen MR) is 66.7 cm³/mol. The molecule has 0 saturated carbocycles. The molecule has 1 atom stereocenters. The van der Waals surface area contributed by atoms with E-state index in [1.54, 1.807) is 42.5 Å². The first-order valence-corrected chi connectivity index (χ1v) is 6.31. The van der Waals surface area contributed by atoms with Crippen LogP contribution in [0.15, 0.2) is 54.6 Å². The van der Waals surface area contributed by atoms with Crippen molar-refractivity contribution in [2.75, 3.05) is 0 Å².